The minimum Gasteiger partial charge on any atom is -0.457 e. The van der Waals surface area contributed by atoms with Gasteiger partial charge in [0.25, 0.3) is 23.6 Å². The van der Waals surface area contributed by atoms with Crippen LogP contribution in [0.2, 0.25) is 0 Å². The molecule has 5 aromatic carbocycles. The Morgan fingerprint density at radius 1 is 0.479 bits per heavy atom. The van der Waals surface area contributed by atoms with Gasteiger partial charge in [-0.2, -0.15) is 0 Å². The van der Waals surface area contributed by atoms with Gasteiger partial charge in [0, 0.05) is 12.5 Å². The maximum absolute atomic E-state index is 13.1. The lowest BCUT2D eigenvalue weighted by atomic mass is 9.78. The Morgan fingerprint density at radius 3 is 1.38 bits per heavy atom. The van der Waals surface area contributed by atoms with Gasteiger partial charge in [-0.3, -0.25) is 24.1 Å². The molecule has 0 N–H and O–H groups in total. The Labute approximate surface area is 279 Å². The Bertz CT molecular complexity index is 2050. The average Bonchev–Trinajstić information content (AvgIpc) is 3.49. The van der Waals surface area contributed by atoms with Crippen molar-refractivity contribution in [2.45, 2.75) is 33.1 Å². The van der Waals surface area contributed by atoms with Crippen LogP contribution in [0.25, 0.3) is 0 Å². The molecule has 8 heteroatoms. The number of ether oxygens (including phenoxy) is 2. The van der Waals surface area contributed by atoms with E-state index < -0.39 is 0 Å². The van der Waals surface area contributed by atoms with Gasteiger partial charge in [-0.1, -0.05) is 70.2 Å². The summed E-state index contributed by atoms with van der Waals surface area (Å²) in [5.74, 6) is 0.759. The number of hydrogen-bond donors (Lipinski definition) is 0. The molecule has 0 saturated heterocycles. The maximum atomic E-state index is 13.1. The molecule has 0 atom stereocenters. The largest absolute Gasteiger partial charge is 0.457 e. The molecule has 0 aliphatic carbocycles. The molecular formula is C40H34N2O6. The number of rotatable bonds is 7. The molecule has 4 amide bonds. The molecule has 0 bridgehead atoms. The molecule has 7 rings (SSSR count). The van der Waals surface area contributed by atoms with Crippen LogP contribution < -0.4 is 14.4 Å². The maximum Gasteiger partial charge on any atom is 0.266 e. The second kappa shape index (κ2) is 12.6. The summed E-state index contributed by atoms with van der Waals surface area (Å²) < 4.78 is 12.1. The number of imide groups is 2. The Morgan fingerprint density at radius 2 is 0.875 bits per heavy atom. The molecule has 0 spiro atoms. The average molecular weight is 639 g/mol. The molecule has 240 valence electrons. The fraction of sp³-hybridized carbons (Fsp3) is 0.150. The highest BCUT2D eigenvalue weighted by Gasteiger charge is 2.37. The Kier molecular flexibility index (Phi) is 8.41. The van der Waals surface area contributed by atoms with Gasteiger partial charge in [0.1, 0.15) is 23.0 Å². The third-order valence-corrected chi connectivity index (χ3v) is 8.56. The van der Waals surface area contributed by atoms with E-state index in [4.69, 9.17) is 9.47 Å². The Balaban J connectivity index is 0.00000197. The number of fused-ring (bicyclic) bond motifs is 2. The summed E-state index contributed by atoms with van der Waals surface area (Å²) in [5, 5.41) is 0. The third-order valence-electron chi connectivity index (χ3n) is 8.56. The van der Waals surface area contributed by atoms with E-state index in [1.54, 1.807) is 60.7 Å². The SMILES string of the molecule is CC.CN1C(=O)c2ccc(Oc3ccc(C(C)(C)c4ccc(Oc5ccc6c(c5)C(=O)N(c5ccccc5)C6=O)cc4)cc3)cc2C1=O. The first-order valence-electron chi connectivity index (χ1n) is 15.7. The molecule has 2 aliphatic rings. The van der Waals surface area contributed by atoms with E-state index in [1.807, 2.05) is 68.4 Å². The lowest BCUT2D eigenvalue weighted by Crippen LogP contribution is -2.29. The fourth-order valence-corrected chi connectivity index (χ4v) is 5.82. The molecule has 2 heterocycles. The van der Waals surface area contributed by atoms with Crippen LogP contribution in [0.4, 0.5) is 5.69 Å². The van der Waals surface area contributed by atoms with Crippen molar-refractivity contribution < 1.29 is 28.7 Å². The summed E-state index contributed by atoms with van der Waals surface area (Å²) in [6.45, 7) is 8.25. The first-order valence-corrected chi connectivity index (χ1v) is 15.7. The number of carbonyl (C=O) groups excluding carboxylic acids is 4. The van der Waals surface area contributed by atoms with Crippen molar-refractivity contribution in [3.8, 4) is 23.0 Å². The zero-order valence-corrected chi connectivity index (χ0v) is 27.3. The van der Waals surface area contributed by atoms with Gasteiger partial charge in [0.2, 0.25) is 0 Å². The molecule has 0 fully saturated rings. The minimum absolute atomic E-state index is 0.309. The molecule has 5 aromatic rings. The topological polar surface area (TPSA) is 93.2 Å². The smallest absolute Gasteiger partial charge is 0.266 e. The van der Waals surface area contributed by atoms with Crippen molar-refractivity contribution in [3.63, 3.8) is 0 Å². The van der Waals surface area contributed by atoms with E-state index in [2.05, 4.69) is 13.8 Å². The number of amides is 4. The second-order valence-corrected chi connectivity index (χ2v) is 11.7. The Hall–Kier alpha value is -6.02. The molecule has 0 aromatic heterocycles. The predicted octanol–water partition coefficient (Wildman–Crippen LogP) is 8.65. The molecule has 0 radical (unpaired) electrons. The van der Waals surface area contributed by atoms with E-state index >= 15 is 0 Å². The van der Waals surface area contributed by atoms with Gasteiger partial charge in [0.05, 0.1) is 27.9 Å². The van der Waals surface area contributed by atoms with Crippen molar-refractivity contribution in [3.05, 3.63) is 149 Å². The van der Waals surface area contributed by atoms with Crippen LogP contribution >= 0.6 is 0 Å². The number of benzene rings is 5. The van der Waals surface area contributed by atoms with Gasteiger partial charge in [0.15, 0.2) is 0 Å². The predicted molar refractivity (Wildman–Crippen MR) is 183 cm³/mol. The summed E-state index contributed by atoms with van der Waals surface area (Å²) in [5.41, 5.74) is 3.68. The van der Waals surface area contributed by atoms with Gasteiger partial charge in [-0.25, -0.2) is 4.90 Å². The van der Waals surface area contributed by atoms with Gasteiger partial charge < -0.3 is 9.47 Å². The lowest BCUT2D eigenvalue weighted by molar-refractivity contribution is 0.0692. The van der Waals surface area contributed by atoms with Crippen LogP contribution in [0, 0.1) is 0 Å². The normalized spacial score (nSPS) is 13.6. The van der Waals surface area contributed by atoms with E-state index in [9.17, 15) is 19.2 Å². The van der Waals surface area contributed by atoms with Crippen molar-refractivity contribution in [1.82, 2.24) is 4.90 Å². The summed E-state index contributed by atoms with van der Waals surface area (Å²) in [6.07, 6.45) is 0. The van der Waals surface area contributed by atoms with Gasteiger partial charge in [-0.15, -0.1) is 0 Å². The molecule has 0 unspecified atom stereocenters. The zero-order chi connectivity index (χ0) is 34.2. The number of carbonyl (C=O) groups is 4. The lowest BCUT2D eigenvalue weighted by Gasteiger charge is -2.26. The number of para-hydroxylation sites is 1. The zero-order valence-electron chi connectivity index (χ0n) is 27.3. The van der Waals surface area contributed by atoms with Crippen LogP contribution in [-0.4, -0.2) is 35.6 Å². The second-order valence-electron chi connectivity index (χ2n) is 11.7. The third kappa shape index (κ3) is 5.62. The van der Waals surface area contributed by atoms with Crippen LogP contribution in [-0.2, 0) is 5.41 Å². The first kappa shape index (κ1) is 31.9. The van der Waals surface area contributed by atoms with Crippen LogP contribution in [0.1, 0.15) is 80.3 Å². The van der Waals surface area contributed by atoms with Crippen LogP contribution in [0.3, 0.4) is 0 Å². The van der Waals surface area contributed by atoms with Crippen molar-refractivity contribution in [2.24, 2.45) is 0 Å². The van der Waals surface area contributed by atoms with Crippen molar-refractivity contribution in [1.29, 1.82) is 0 Å². The van der Waals surface area contributed by atoms with E-state index in [0.29, 0.717) is 50.9 Å². The highest BCUT2D eigenvalue weighted by atomic mass is 16.5. The van der Waals surface area contributed by atoms with Crippen molar-refractivity contribution in [2.75, 3.05) is 11.9 Å². The van der Waals surface area contributed by atoms with E-state index in [-0.39, 0.29) is 29.0 Å². The number of nitrogens with zero attached hydrogens (tertiary/aromatic N) is 2. The molecule has 48 heavy (non-hydrogen) atoms. The number of hydrogen-bond acceptors (Lipinski definition) is 6. The fourth-order valence-electron chi connectivity index (χ4n) is 5.82. The highest BCUT2D eigenvalue weighted by molar-refractivity contribution is 6.34. The first-order chi connectivity index (χ1) is 23.1. The monoisotopic (exact) mass is 638 g/mol. The molecule has 0 saturated carbocycles. The molecule has 8 nitrogen and oxygen atoms in total. The quantitative estimate of drug-likeness (QED) is 0.166. The summed E-state index contributed by atoms with van der Waals surface area (Å²) in [7, 11) is 1.47. The van der Waals surface area contributed by atoms with E-state index in [1.165, 1.54) is 11.9 Å². The van der Waals surface area contributed by atoms with Crippen LogP contribution in [0.5, 0.6) is 23.0 Å². The van der Waals surface area contributed by atoms with Crippen LogP contribution in [0.15, 0.2) is 115 Å². The standard InChI is InChI=1S/C38H28N2O6.C2H6/c1-38(2,23-9-13-26(14-10-23)45-28-17-19-30-32(21-28)35(42)39(3)34(30)41)24-11-15-27(16-12-24)46-29-18-20-31-33(22-29)37(44)40(36(31)43)25-7-5-4-6-8-25;1-2/h4-22H,1-3H3;1-2H3. The number of anilines is 1. The highest BCUT2D eigenvalue weighted by Crippen LogP contribution is 2.36. The molecular weight excluding hydrogens is 604 g/mol. The van der Waals surface area contributed by atoms with E-state index in [0.717, 1.165) is 16.0 Å². The van der Waals surface area contributed by atoms with Gasteiger partial charge in [-0.05, 0) is 83.9 Å². The van der Waals surface area contributed by atoms with Gasteiger partial charge >= 0.3 is 0 Å². The minimum atomic E-state index is -0.378. The summed E-state index contributed by atoms with van der Waals surface area (Å²) in [4.78, 5) is 52.8. The molecule has 2 aliphatic heterocycles. The van der Waals surface area contributed by atoms with Crippen molar-refractivity contribution >= 4 is 29.3 Å². The summed E-state index contributed by atoms with van der Waals surface area (Å²) in [6, 6.07) is 34.2. The summed E-state index contributed by atoms with van der Waals surface area (Å²) >= 11 is 0.